The molecule has 0 amide bonds. The van der Waals surface area contributed by atoms with E-state index in [1.807, 2.05) is 6.07 Å². The number of benzene rings is 2. The molecule has 0 atom stereocenters. The maximum Gasteiger partial charge on any atom is 0.264 e. The highest BCUT2D eigenvalue weighted by Gasteiger charge is 2.20. The van der Waals surface area contributed by atoms with E-state index >= 15 is 0 Å². The van der Waals surface area contributed by atoms with Gasteiger partial charge in [0, 0.05) is 4.47 Å². The summed E-state index contributed by atoms with van der Waals surface area (Å²) in [6.45, 7) is 0. The lowest BCUT2D eigenvalue weighted by Crippen LogP contribution is -2.13. The fraction of sp³-hybridized carbons (Fsp3) is 0. The maximum atomic E-state index is 12.5. The summed E-state index contributed by atoms with van der Waals surface area (Å²) >= 11 is 4.30. The number of para-hydroxylation sites is 1. The molecular formula is C12H8BrN3O2S2. The average Bonchev–Trinajstić information content (AvgIpc) is 2.89. The average molecular weight is 370 g/mol. The van der Waals surface area contributed by atoms with E-state index in [1.165, 1.54) is 6.07 Å². The van der Waals surface area contributed by atoms with Gasteiger partial charge in [0.05, 0.1) is 17.4 Å². The van der Waals surface area contributed by atoms with Crippen LogP contribution in [-0.2, 0) is 10.0 Å². The van der Waals surface area contributed by atoms with Crippen molar-refractivity contribution in [2.75, 3.05) is 4.72 Å². The molecule has 1 N–H and O–H groups in total. The second-order valence-electron chi connectivity index (χ2n) is 3.97. The molecule has 0 aliphatic heterocycles. The van der Waals surface area contributed by atoms with Crippen molar-refractivity contribution in [3.63, 3.8) is 0 Å². The molecule has 0 fully saturated rings. The molecule has 0 unspecified atom stereocenters. The molecule has 0 spiro atoms. The highest BCUT2D eigenvalue weighted by Crippen LogP contribution is 2.27. The Kier molecular flexibility index (Phi) is 3.45. The number of aromatic nitrogens is 2. The van der Waals surface area contributed by atoms with Crippen molar-refractivity contribution in [2.45, 2.75) is 4.90 Å². The van der Waals surface area contributed by atoms with E-state index in [4.69, 9.17) is 0 Å². The standard InChI is InChI=1S/C12H8BrN3O2S2/c13-8-4-1-2-5-9(8)16-20(17,18)11-7-3-6-10-12(11)15-19-14-10/h1-7,16H. The second-order valence-corrected chi connectivity index (χ2v) is 7.01. The van der Waals surface area contributed by atoms with Crippen LogP contribution in [0.15, 0.2) is 51.8 Å². The van der Waals surface area contributed by atoms with Crippen molar-refractivity contribution in [2.24, 2.45) is 0 Å². The van der Waals surface area contributed by atoms with Crippen LogP contribution in [0.4, 0.5) is 5.69 Å². The summed E-state index contributed by atoms with van der Waals surface area (Å²) in [6.07, 6.45) is 0. The first-order chi connectivity index (χ1) is 9.58. The van der Waals surface area contributed by atoms with Crippen LogP contribution in [-0.4, -0.2) is 17.2 Å². The van der Waals surface area contributed by atoms with Crippen LogP contribution in [0.1, 0.15) is 0 Å². The molecule has 3 rings (SSSR count). The minimum Gasteiger partial charge on any atom is -0.278 e. The van der Waals surface area contributed by atoms with Gasteiger partial charge in [0.15, 0.2) is 0 Å². The number of sulfonamides is 1. The molecule has 0 saturated heterocycles. The Bertz CT molecular complexity index is 877. The van der Waals surface area contributed by atoms with Crippen LogP contribution < -0.4 is 4.72 Å². The monoisotopic (exact) mass is 369 g/mol. The van der Waals surface area contributed by atoms with Gasteiger partial charge in [-0.2, -0.15) is 8.75 Å². The zero-order chi connectivity index (χ0) is 14.2. The highest BCUT2D eigenvalue weighted by molar-refractivity contribution is 9.10. The van der Waals surface area contributed by atoms with Gasteiger partial charge in [-0.3, -0.25) is 4.72 Å². The van der Waals surface area contributed by atoms with E-state index in [2.05, 4.69) is 29.4 Å². The second kappa shape index (κ2) is 5.12. The maximum absolute atomic E-state index is 12.5. The molecule has 0 radical (unpaired) electrons. The van der Waals surface area contributed by atoms with Gasteiger partial charge in [-0.1, -0.05) is 18.2 Å². The van der Waals surface area contributed by atoms with Crippen LogP contribution in [0.3, 0.4) is 0 Å². The van der Waals surface area contributed by atoms with Gasteiger partial charge in [0.2, 0.25) is 0 Å². The van der Waals surface area contributed by atoms with Crippen LogP contribution in [0.5, 0.6) is 0 Å². The van der Waals surface area contributed by atoms with E-state index in [-0.39, 0.29) is 4.90 Å². The lowest BCUT2D eigenvalue weighted by atomic mass is 10.3. The third-order valence-corrected chi connectivity index (χ3v) is 5.29. The van der Waals surface area contributed by atoms with Crippen molar-refractivity contribution in [1.29, 1.82) is 0 Å². The minimum absolute atomic E-state index is 0.125. The first-order valence-electron chi connectivity index (χ1n) is 5.56. The van der Waals surface area contributed by atoms with Gasteiger partial charge >= 0.3 is 0 Å². The molecule has 0 aliphatic carbocycles. The first-order valence-corrected chi connectivity index (χ1v) is 8.57. The molecule has 8 heteroatoms. The molecule has 1 heterocycles. The van der Waals surface area contributed by atoms with Crippen molar-refractivity contribution in [3.8, 4) is 0 Å². The molecule has 5 nitrogen and oxygen atoms in total. The summed E-state index contributed by atoms with van der Waals surface area (Å²) in [5.74, 6) is 0. The molecule has 20 heavy (non-hydrogen) atoms. The minimum atomic E-state index is -3.71. The van der Waals surface area contributed by atoms with Gasteiger partial charge < -0.3 is 0 Å². The fourth-order valence-electron chi connectivity index (χ4n) is 1.74. The molecule has 0 bridgehead atoms. The van der Waals surface area contributed by atoms with Gasteiger partial charge in [-0.15, -0.1) is 0 Å². The van der Waals surface area contributed by atoms with Crippen molar-refractivity contribution in [1.82, 2.24) is 8.75 Å². The Morgan fingerprint density at radius 3 is 2.65 bits per heavy atom. The molecule has 2 aromatic carbocycles. The smallest absolute Gasteiger partial charge is 0.264 e. The third kappa shape index (κ3) is 2.41. The predicted octanol–water partition coefficient (Wildman–Crippen LogP) is 3.25. The third-order valence-electron chi connectivity index (χ3n) is 2.66. The largest absolute Gasteiger partial charge is 0.278 e. The number of hydrogen-bond donors (Lipinski definition) is 1. The lowest BCUT2D eigenvalue weighted by molar-refractivity contribution is 0.602. The quantitative estimate of drug-likeness (QED) is 0.768. The topological polar surface area (TPSA) is 72.0 Å². The molecular weight excluding hydrogens is 362 g/mol. The Morgan fingerprint density at radius 1 is 1.05 bits per heavy atom. The van der Waals surface area contributed by atoms with Gasteiger partial charge in [0.25, 0.3) is 10.0 Å². The van der Waals surface area contributed by atoms with Crippen molar-refractivity contribution < 1.29 is 8.42 Å². The fourth-order valence-corrected chi connectivity index (χ4v) is 4.10. The first kappa shape index (κ1) is 13.5. The Labute approximate surface area is 128 Å². The number of halogens is 1. The summed E-state index contributed by atoms with van der Waals surface area (Å²) in [5.41, 5.74) is 1.44. The van der Waals surface area contributed by atoms with E-state index < -0.39 is 10.0 Å². The normalized spacial score (nSPS) is 11.7. The number of nitrogens with one attached hydrogen (secondary N) is 1. The zero-order valence-corrected chi connectivity index (χ0v) is 13.2. The van der Waals surface area contributed by atoms with Gasteiger partial charge in [-0.05, 0) is 40.2 Å². The lowest BCUT2D eigenvalue weighted by Gasteiger charge is -2.09. The Hall–Kier alpha value is -1.51. The van der Waals surface area contributed by atoms with E-state index in [0.29, 0.717) is 21.2 Å². The predicted molar refractivity (Wildman–Crippen MR) is 82.4 cm³/mol. The number of hydrogen-bond acceptors (Lipinski definition) is 5. The van der Waals surface area contributed by atoms with Crippen LogP contribution in [0.2, 0.25) is 0 Å². The van der Waals surface area contributed by atoms with Crippen LogP contribution in [0, 0.1) is 0 Å². The van der Waals surface area contributed by atoms with Gasteiger partial charge in [0.1, 0.15) is 15.9 Å². The Morgan fingerprint density at radius 2 is 1.85 bits per heavy atom. The van der Waals surface area contributed by atoms with Crippen molar-refractivity contribution in [3.05, 3.63) is 46.9 Å². The van der Waals surface area contributed by atoms with E-state index in [1.54, 1.807) is 30.3 Å². The van der Waals surface area contributed by atoms with E-state index in [9.17, 15) is 8.42 Å². The number of anilines is 1. The molecule has 102 valence electrons. The van der Waals surface area contributed by atoms with Crippen LogP contribution >= 0.6 is 27.7 Å². The summed E-state index contributed by atoms with van der Waals surface area (Å²) in [6, 6.07) is 11.9. The molecule has 3 aromatic rings. The van der Waals surface area contributed by atoms with E-state index in [0.717, 1.165) is 11.7 Å². The SMILES string of the molecule is O=S(=O)(Nc1ccccc1Br)c1cccc2nsnc12. The number of rotatable bonds is 3. The molecule has 1 aromatic heterocycles. The van der Waals surface area contributed by atoms with Crippen LogP contribution in [0.25, 0.3) is 11.0 Å². The number of nitrogens with zero attached hydrogens (tertiary/aromatic N) is 2. The highest BCUT2D eigenvalue weighted by atomic mass is 79.9. The van der Waals surface area contributed by atoms with Gasteiger partial charge in [-0.25, -0.2) is 8.42 Å². The summed E-state index contributed by atoms with van der Waals surface area (Å²) in [7, 11) is -3.71. The zero-order valence-electron chi connectivity index (χ0n) is 9.95. The molecule has 0 aliphatic rings. The number of fused-ring (bicyclic) bond motifs is 1. The summed E-state index contributed by atoms with van der Waals surface area (Å²) in [5, 5.41) is 0. The Balaban J connectivity index is 2.09. The molecule has 0 saturated carbocycles. The summed E-state index contributed by atoms with van der Waals surface area (Å²) < 4.78 is 36.3. The summed E-state index contributed by atoms with van der Waals surface area (Å²) in [4.78, 5) is 0.125. The van der Waals surface area contributed by atoms with Crippen molar-refractivity contribution >= 4 is 54.4 Å².